The Morgan fingerprint density at radius 3 is 3.00 bits per heavy atom. The van der Waals surface area contributed by atoms with Crippen LogP contribution in [0.3, 0.4) is 0 Å². The molecule has 1 aromatic carbocycles. The molecule has 2 heteroatoms. The van der Waals surface area contributed by atoms with Gasteiger partial charge in [-0.3, -0.25) is 0 Å². The number of hydrogen-bond donors (Lipinski definition) is 0. The van der Waals surface area contributed by atoms with Crippen LogP contribution in [-0.2, 0) is 4.74 Å². The Morgan fingerprint density at radius 2 is 2.15 bits per heavy atom. The minimum atomic E-state index is 0.143. The first-order valence-electron chi connectivity index (χ1n) is 4.58. The highest BCUT2D eigenvalue weighted by Crippen LogP contribution is 2.47. The van der Waals surface area contributed by atoms with Gasteiger partial charge in [-0.15, -0.1) is 0 Å². The van der Waals surface area contributed by atoms with Gasteiger partial charge in [0.25, 0.3) is 0 Å². The molecule has 0 aromatic heterocycles. The van der Waals surface area contributed by atoms with Gasteiger partial charge < -0.3 is 9.47 Å². The molecule has 0 fully saturated rings. The van der Waals surface area contributed by atoms with E-state index >= 15 is 0 Å². The standard InChI is InChI=1S/C11H10O2/c1-2-8-11-10(13-11)7-5-3-4-6-9(7)12-8/h3-6,8H,2H2,1H3. The van der Waals surface area contributed by atoms with Gasteiger partial charge in [0, 0.05) is 0 Å². The van der Waals surface area contributed by atoms with Crippen molar-refractivity contribution in [3.8, 4) is 5.75 Å². The highest BCUT2D eigenvalue weighted by Gasteiger charge is 2.40. The van der Waals surface area contributed by atoms with Crippen molar-refractivity contribution in [2.45, 2.75) is 19.4 Å². The summed E-state index contributed by atoms with van der Waals surface area (Å²) in [5.41, 5.74) is 1.10. The molecule has 2 heterocycles. The normalized spacial score (nSPS) is 22.7. The lowest BCUT2D eigenvalue weighted by Crippen LogP contribution is -2.16. The molecular formula is C11H10O2. The minimum Gasteiger partial charge on any atom is -0.482 e. The Balaban J connectivity index is 2.10. The lowest BCUT2D eigenvalue weighted by molar-refractivity contribution is 0.211. The highest BCUT2D eigenvalue weighted by molar-refractivity contribution is 5.78. The predicted molar refractivity (Wildman–Crippen MR) is 49.2 cm³/mol. The summed E-state index contributed by atoms with van der Waals surface area (Å²) < 4.78 is 11.2. The van der Waals surface area contributed by atoms with Crippen molar-refractivity contribution in [3.63, 3.8) is 0 Å². The molecule has 0 aliphatic carbocycles. The molecule has 0 radical (unpaired) electrons. The fourth-order valence-electron chi connectivity index (χ4n) is 1.72. The van der Waals surface area contributed by atoms with Crippen molar-refractivity contribution in [2.24, 2.45) is 0 Å². The van der Waals surface area contributed by atoms with Gasteiger partial charge in [-0.2, -0.15) is 0 Å². The van der Waals surface area contributed by atoms with E-state index in [1.807, 2.05) is 24.3 Å². The highest BCUT2D eigenvalue weighted by atomic mass is 16.6. The maximum Gasteiger partial charge on any atom is 0.188 e. The van der Waals surface area contributed by atoms with E-state index in [0.29, 0.717) is 0 Å². The zero-order valence-corrected chi connectivity index (χ0v) is 7.41. The van der Waals surface area contributed by atoms with Crippen LogP contribution in [0.4, 0.5) is 0 Å². The van der Waals surface area contributed by atoms with Gasteiger partial charge in [0.05, 0.1) is 5.56 Å². The van der Waals surface area contributed by atoms with Gasteiger partial charge in [-0.25, -0.2) is 0 Å². The summed E-state index contributed by atoms with van der Waals surface area (Å²) in [5, 5.41) is 0. The van der Waals surface area contributed by atoms with E-state index in [9.17, 15) is 0 Å². The molecule has 0 N–H and O–H groups in total. The molecule has 66 valence electrons. The summed E-state index contributed by atoms with van der Waals surface area (Å²) >= 11 is 0. The van der Waals surface area contributed by atoms with Crippen LogP contribution >= 0.6 is 0 Å². The van der Waals surface area contributed by atoms with Crippen molar-refractivity contribution in [3.05, 3.63) is 35.6 Å². The van der Waals surface area contributed by atoms with Gasteiger partial charge in [0.1, 0.15) is 5.75 Å². The number of hydrogen-bond acceptors (Lipinski definition) is 2. The van der Waals surface area contributed by atoms with Gasteiger partial charge in [0.2, 0.25) is 0 Å². The maximum absolute atomic E-state index is 5.75. The summed E-state index contributed by atoms with van der Waals surface area (Å²) in [4.78, 5) is 0. The predicted octanol–water partition coefficient (Wildman–Crippen LogP) is 2.56. The van der Waals surface area contributed by atoms with Crippen molar-refractivity contribution in [2.75, 3.05) is 0 Å². The van der Waals surface area contributed by atoms with E-state index in [0.717, 1.165) is 29.3 Å². The molecule has 0 amide bonds. The largest absolute Gasteiger partial charge is 0.482 e. The van der Waals surface area contributed by atoms with Gasteiger partial charge >= 0.3 is 0 Å². The molecule has 1 atom stereocenters. The smallest absolute Gasteiger partial charge is 0.188 e. The third-order valence-corrected chi connectivity index (χ3v) is 2.46. The number of para-hydroxylation sites is 1. The van der Waals surface area contributed by atoms with E-state index in [1.165, 1.54) is 0 Å². The average Bonchev–Trinajstić information content (AvgIpc) is 2.96. The summed E-state index contributed by atoms with van der Waals surface area (Å²) in [6, 6.07) is 8.01. The Hall–Kier alpha value is -1.44. The quantitative estimate of drug-likeness (QED) is 0.652. The first-order valence-corrected chi connectivity index (χ1v) is 4.58. The summed E-state index contributed by atoms with van der Waals surface area (Å²) in [5.74, 6) is 3.01. The lowest BCUT2D eigenvalue weighted by Gasteiger charge is -2.15. The lowest BCUT2D eigenvalue weighted by atomic mass is 10.1. The molecule has 13 heavy (non-hydrogen) atoms. The van der Waals surface area contributed by atoms with Crippen LogP contribution in [0.15, 0.2) is 30.0 Å². The van der Waals surface area contributed by atoms with Crippen molar-refractivity contribution < 1.29 is 9.47 Å². The first-order chi connectivity index (χ1) is 6.40. The Morgan fingerprint density at radius 1 is 1.31 bits per heavy atom. The van der Waals surface area contributed by atoms with Crippen LogP contribution in [0, 0.1) is 0 Å². The maximum atomic E-state index is 5.75. The SMILES string of the molecule is CCC1Oc2ccccc2C2=C1O2. The molecule has 0 bridgehead atoms. The van der Waals surface area contributed by atoms with Crippen LogP contribution in [0.2, 0.25) is 0 Å². The monoisotopic (exact) mass is 174 g/mol. The zero-order valence-electron chi connectivity index (χ0n) is 7.41. The molecule has 0 saturated carbocycles. The second kappa shape index (κ2) is 2.28. The molecule has 1 unspecified atom stereocenters. The van der Waals surface area contributed by atoms with E-state index < -0.39 is 0 Å². The molecule has 3 rings (SSSR count). The number of rotatable bonds is 1. The summed E-state index contributed by atoms with van der Waals surface area (Å²) in [7, 11) is 0. The Kier molecular flexibility index (Phi) is 1.23. The molecule has 0 saturated heterocycles. The van der Waals surface area contributed by atoms with E-state index in [4.69, 9.17) is 9.47 Å². The Bertz CT molecular complexity index is 393. The minimum absolute atomic E-state index is 0.143. The van der Waals surface area contributed by atoms with Crippen LogP contribution < -0.4 is 4.74 Å². The molecule has 1 aromatic rings. The molecule has 0 spiro atoms. The number of fused-ring (bicyclic) bond motifs is 2. The van der Waals surface area contributed by atoms with Crippen LogP contribution in [-0.4, -0.2) is 6.10 Å². The summed E-state index contributed by atoms with van der Waals surface area (Å²) in [6.45, 7) is 2.10. The van der Waals surface area contributed by atoms with E-state index in [-0.39, 0.29) is 6.10 Å². The third kappa shape index (κ3) is 0.886. The second-order valence-corrected chi connectivity index (χ2v) is 3.31. The fourth-order valence-corrected chi connectivity index (χ4v) is 1.72. The number of benzene rings is 1. The van der Waals surface area contributed by atoms with Crippen molar-refractivity contribution in [1.29, 1.82) is 0 Å². The topological polar surface area (TPSA) is 21.8 Å². The first kappa shape index (κ1) is 7.01. The van der Waals surface area contributed by atoms with Gasteiger partial charge in [-0.05, 0) is 18.6 Å². The van der Waals surface area contributed by atoms with Crippen LogP contribution in [0.1, 0.15) is 18.9 Å². The molecular weight excluding hydrogens is 164 g/mol. The zero-order chi connectivity index (χ0) is 8.84. The fraction of sp³-hybridized carbons (Fsp3) is 0.273. The Labute approximate surface area is 76.8 Å². The number of ether oxygens (including phenoxy) is 2. The van der Waals surface area contributed by atoms with Gasteiger partial charge in [0.15, 0.2) is 17.6 Å². The second-order valence-electron chi connectivity index (χ2n) is 3.31. The van der Waals surface area contributed by atoms with Crippen LogP contribution in [0.5, 0.6) is 5.75 Å². The molecule has 2 aliphatic heterocycles. The van der Waals surface area contributed by atoms with E-state index in [2.05, 4.69) is 6.92 Å². The third-order valence-electron chi connectivity index (χ3n) is 2.46. The van der Waals surface area contributed by atoms with Crippen molar-refractivity contribution >= 4 is 5.76 Å². The average molecular weight is 174 g/mol. The van der Waals surface area contributed by atoms with E-state index in [1.54, 1.807) is 0 Å². The molecule has 2 aliphatic rings. The van der Waals surface area contributed by atoms with Gasteiger partial charge in [-0.1, -0.05) is 19.1 Å². The molecule has 2 nitrogen and oxygen atoms in total. The summed E-state index contributed by atoms with van der Waals surface area (Å²) in [6.07, 6.45) is 1.11. The van der Waals surface area contributed by atoms with Crippen molar-refractivity contribution in [1.82, 2.24) is 0 Å². The van der Waals surface area contributed by atoms with Crippen LogP contribution in [0.25, 0.3) is 5.76 Å².